The van der Waals surface area contributed by atoms with E-state index >= 15 is 0 Å². The van der Waals surface area contributed by atoms with E-state index in [-0.39, 0.29) is 11.2 Å². The molecule has 0 aliphatic rings. The molecule has 0 fully saturated rings. The van der Waals surface area contributed by atoms with Crippen molar-refractivity contribution in [3.05, 3.63) is 56.6 Å². The van der Waals surface area contributed by atoms with Gasteiger partial charge in [0, 0.05) is 22.7 Å². The second-order valence-corrected chi connectivity index (χ2v) is 7.68. The van der Waals surface area contributed by atoms with Gasteiger partial charge in [0.25, 0.3) is 5.69 Å². The largest absolute Gasteiger partial charge is 0.456 e. The molecule has 0 radical (unpaired) electrons. The fourth-order valence-electron chi connectivity index (χ4n) is 1.93. The summed E-state index contributed by atoms with van der Waals surface area (Å²) in [5.41, 5.74) is 0.0287. The Morgan fingerprint density at radius 3 is 2.22 bits per heavy atom. The molecule has 27 heavy (non-hydrogen) atoms. The van der Waals surface area contributed by atoms with Crippen molar-refractivity contribution < 1.29 is 24.0 Å². The van der Waals surface area contributed by atoms with Crippen molar-refractivity contribution in [1.29, 1.82) is 0 Å². The number of ether oxygens (including phenoxy) is 1. The number of nitrogens with zero attached hydrogens (tertiary/aromatic N) is 1. The van der Waals surface area contributed by atoms with Gasteiger partial charge >= 0.3 is 8.25 Å². The third-order valence-electron chi connectivity index (χ3n) is 2.80. The molecule has 0 aromatic heterocycles. The molecule has 0 aliphatic carbocycles. The van der Waals surface area contributed by atoms with Crippen molar-refractivity contribution in [2.24, 2.45) is 0 Å². The van der Waals surface area contributed by atoms with Crippen molar-refractivity contribution in [3.63, 3.8) is 0 Å². The Bertz CT molecular complexity index is 838. The van der Waals surface area contributed by atoms with E-state index < -0.39 is 13.2 Å². The Morgan fingerprint density at radius 1 is 1.15 bits per heavy atom. The fraction of sp³-hybridized carbons (Fsp3) is 0.250. The number of halogens is 2. The van der Waals surface area contributed by atoms with Crippen LogP contribution >= 0.6 is 31.5 Å². The van der Waals surface area contributed by atoms with Crippen LogP contribution in [0.15, 0.2) is 36.4 Å². The number of hydrogen-bond donors (Lipinski definition) is 3. The highest BCUT2D eigenvalue weighted by atomic mass is 35.5. The van der Waals surface area contributed by atoms with Gasteiger partial charge in [-0.05, 0) is 45.0 Å². The van der Waals surface area contributed by atoms with Crippen molar-refractivity contribution >= 4 is 42.8 Å². The number of nitro groups is 1. The minimum absolute atomic E-state index is 0.0190. The van der Waals surface area contributed by atoms with Gasteiger partial charge in [-0.1, -0.05) is 23.2 Å². The second-order valence-electron chi connectivity index (χ2n) is 6.27. The molecule has 2 aromatic rings. The van der Waals surface area contributed by atoms with Crippen LogP contribution in [0, 0.1) is 10.1 Å². The predicted molar refractivity (Wildman–Crippen MR) is 106 cm³/mol. The van der Waals surface area contributed by atoms with Crippen molar-refractivity contribution in [2.45, 2.75) is 26.3 Å². The summed E-state index contributed by atoms with van der Waals surface area (Å²) in [7, 11) is -3.13. The number of benzene rings is 2. The molecule has 0 atom stereocenters. The molecule has 2 aromatic carbocycles. The first kappa shape index (κ1) is 23.2. The average molecular weight is 437 g/mol. The summed E-state index contributed by atoms with van der Waals surface area (Å²) in [6, 6.07) is 9.36. The van der Waals surface area contributed by atoms with Gasteiger partial charge in [0.05, 0.1) is 9.95 Å². The van der Waals surface area contributed by atoms with Gasteiger partial charge in [-0.2, -0.15) is 0 Å². The van der Waals surface area contributed by atoms with Gasteiger partial charge in [-0.25, -0.2) is 0 Å². The van der Waals surface area contributed by atoms with Gasteiger partial charge in [-0.3, -0.25) is 14.7 Å². The van der Waals surface area contributed by atoms with Crippen LogP contribution in [-0.4, -0.2) is 20.2 Å². The van der Waals surface area contributed by atoms with Crippen LogP contribution in [0.4, 0.5) is 11.4 Å². The molecule has 0 aliphatic heterocycles. The maximum Gasteiger partial charge on any atom is 0.314 e. The third kappa shape index (κ3) is 8.60. The molecule has 0 saturated carbocycles. The van der Waals surface area contributed by atoms with Crippen LogP contribution in [0.2, 0.25) is 10.0 Å². The molecule has 148 valence electrons. The lowest BCUT2D eigenvalue weighted by molar-refractivity contribution is -0.384. The van der Waals surface area contributed by atoms with Crippen molar-refractivity contribution in [2.75, 3.05) is 5.32 Å². The van der Waals surface area contributed by atoms with Crippen LogP contribution in [0.5, 0.6) is 11.5 Å². The van der Waals surface area contributed by atoms with Gasteiger partial charge in [-0.15, -0.1) is 0 Å². The Labute approximate surface area is 166 Å². The van der Waals surface area contributed by atoms with E-state index in [0.717, 1.165) is 0 Å². The van der Waals surface area contributed by atoms with Crippen LogP contribution in [0.25, 0.3) is 0 Å². The SMILES string of the molecule is CC(C)(C)Nc1cc(Oc2ccc(Cl)cc2Cl)ccc1[N+](=O)[O-].O=[PH](O)O. The molecule has 0 unspecified atom stereocenters. The third-order valence-corrected chi connectivity index (χ3v) is 3.33. The average Bonchev–Trinajstić information content (AvgIpc) is 2.48. The summed E-state index contributed by atoms with van der Waals surface area (Å²) in [5, 5.41) is 15.1. The number of rotatable bonds is 4. The normalized spacial score (nSPS) is 10.8. The molecular formula is C16H19Cl2N2O6P. The Hall–Kier alpha value is -1.83. The molecule has 0 heterocycles. The smallest absolute Gasteiger partial charge is 0.314 e. The maximum absolute atomic E-state index is 11.2. The Kier molecular flexibility index (Phi) is 8.53. The number of nitrogens with one attached hydrogen (secondary N) is 1. The minimum Gasteiger partial charge on any atom is -0.456 e. The minimum atomic E-state index is -3.13. The Balaban J connectivity index is 0.000000828. The quantitative estimate of drug-likeness (QED) is 0.339. The monoisotopic (exact) mass is 436 g/mol. The molecular weight excluding hydrogens is 418 g/mol. The lowest BCUT2D eigenvalue weighted by Gasteiger charge is -2.22. The topological polar surface area (TPSA) is 122 Å². The summed E-state index contributed by atoms with van der Waals surface area (Å²) in [6.07, 6.45) is 0. The fourth-order valence-corrected chi connectivity index (χ4v) is 2.37. The Morgan fingerprint density at radius 2 is 1.74 bits per heavy atom. The number of hydrogen-bond acceptors (Lipinski definition) is 5. The predicted octanol–water partition coefficient (Wildman–Crippen LogP) is 5.27. The summed E-state index contributed by atoms with van der Waals surface area (Å²) in [5.74, 6) is 0.859. The van der Waals surface area contributed by atoms with Crippen molar-refractivity contribution in [3.8, 4) is 11.5 Å². The van der Waals surface area contributed by atoms with Crippen LogP contribution in [0.1, 0.15) is 20.8 Å². The molecule has 0 spiro atoms. The first-order chi connectivity index (χ1) is 12.4. The van der Waals surface area contributed by atoms with E-state index in [1.807, 2.05) is 20.8 Å². The molecule has 0 amide bonds. The first-order valence-electron chi connectivity index (χ1n) is 7.50. The van der Waals surface area contributed by atoms with Gasteiger partial charge in [0.2, 0.25) is 0 Å². The summed E-state index contributed by atoms with van der Waals surface area (Å²) < 4.78 is 14.4. The highest BCUT2D eigenvalue weighted by molar-refractivity contribution is 7.30. The van der Waals surface area contributed by atoms with Crippen LogP contribution in [0.3, 0.4) is 0 Å². The zero-order valence-electron chi connectivity index (χ0n) is 14.7. The van der Waals surface area contributed by atoms with E-state index in [9.17, 15) is 10.1 Å². The summed E-state index contributed by atoms with van der Waals surface area (Å²) in [4.78, 5) is 25.0. The summed E-state index contributed by atoms with van der Waals surface area (Å²) in [6.45, 7) is 5.75. The highest BCUT2D eigenvalue weighted by Gasteiger charge is 2.20. The van der Waals surface area contributed by atoms with Crippen molar-refractivity contribution in [1.82, 2.24) is 0 Å². The van der Waals surface area contributed by atoms with Gasteiger partial charge in [0.15, 0.2) is 0 Å². The van der Waals surface area contributed by atoms with E-state index in [1.165, 1.54) is 12.1 Å². The highest BCUT2D eigenvalue weighted by Crippen LogP contribution is 2.36. The van der Waals surface area contributed by atoms with Gasteiger partial charge < -0.3 is 19.8 Å². The van der Waals surface area contributed by atoms with E-state index in [1.54, 1.807) is 24.3 Å². The zero-order chi connectivity index (χ0) is 20.8. The lowest BCUT2D eigenvalue weighted by atomic mass is 10.1. The second kappa shape index (κ2) is 9.92. The number of nitro benzene ring substituents is 1. The maximum atomic E-state index is 11.2. The van der Waals surface area contributed by atoms with Crippen LogP contribution in [-0.2, 0) is 4.57 Å². The molecule has 2 rings (SSSR count). The molecule has 0 bridgehead atoms. The first-order valence-corrected chi connectivity index (χ1v) is 9.56. The van der Waals surface area contributed by atoms with E-state index in [2.05, 4.69) is 5.32 Å². The molecule has 0 saturated heterocycles. The van der Waals surface area contributed by atoms with Gasteiger partial charge in [0.1, 0.15) is 17.2 Å². The van der Waals surface area contributed by atoms with Crippen LogP contribution < -0.4 is 10.1 Å². The molecule has 8 nitrogen and oxygen atoms in total. The number of anilines is 1. The standard InChI is InChI=1S/C16H16Cl2N2O3.H3O3P/c1-16(2,3)19-13-9-11(5-6-14(13)20(21)22)23-15-7-4-10(17)8-12(15)18;1-4(2)3/h4-9,19H,1-3H3;4H,(H2,1,2,3). The molecule has 3 N–H and O–H groups in total. The lowest BCUT2D eigenvalue weighted by Crippen LogP contribution is -2.26. The van der Waals surface area contributed by atoms with E-state index in [4.69, 9.17) is 42.3 Å². The van der Waals surface area contributed by atoms with E-state index in [0.29, 0.717) is 27.2 Å². The zero-order valence-corrected chi connectivity index (χ0v) is 17.2. The summed E-state index contributed by atoms with van der Waals surface area (Å²) >= 11 is 11.9. The molecule has 11 heteroatoms.